The van der Waals surface area contributed by atoms with Gasteiger partial charge in [-0.25, -0.2) is 0 Å². The third-order valence-corrected chi connectivity index (χ3v) is 4.24. The van der Waals surface area contributed by atoms with E-state index in [1.165, 1.54) is 4.90 Å². The first-order chi connectivity index (χ1) is 12.3. The van der Waals surface area contributed by atoms with Gasteiger partial charge in [-0.15, -0.1) is 0 Å². The van der Waals surface area contributed by atoms with Crippen LogP contribution in [-0.2, 0) is 19.2 Å². The number of imide groups is 1. The summed E-state index contributed by atoms with van der Waals surface area (Å²) in [7, 11) is 0. The maximum atomic E-state index is 12.9. The van der Waals surface area contributed by atoms with E-state index < -0.39 is 11.9 Å². The Morgan fingerprint density at radius 1 is 1.31 bits per heavy atom. The Kier molecular flexibility index (Phi) is 8.75. The van der Waals surface area contributed by atoms with E-state index in [-0.39, 0.29) is 36.3 Å². The molecule has 1 fully saturated rings. The summed E-state index contributed by atoms with van der Waals surface area (Å²) >= 11 is 0. The molecule has 0 aromatic carbocycles. The van der Waals surface area contributed by atoms with E-state index >= 15 is 0 Å². The number of piperidine rings is 1. The summed E-state index contributed by atoms with van der Waals surface area (Å²) in [6, 6.07) is -0.681. The van der Waals surface area contributed by atoms with Crippen LogP contribution in [0.1, 0.15) is 52.9 Å². The van der Waals surface area contributed by atoms with Gasteiger partial charge in [0, 0.05) is 31.5 Å². The van der Waals surface area contributed by atoms with Gasteiger partial charge in [-0.3, -0.25) is 24.5 Å². The van der Waals surface area contributed by atoms with E-state index in [0.29, 0.717) is 31.4 Å². The Morgan fingerprint density at radius 2 is 2.00 bits per heavy atom. The van der Waals surface area contributed by atoms with E-state index in [0.717, 1.165) is 6.42 Å². The summed E-state index contributed by atoms with van der Waals surface area (Å²) in [4.78, 5) is 49.4. The van der Waals surface area contributed by atoms with E-state index in [1.807, 2.05) is 19.9 Å². The van der Waals surface area contributed by atoms with Crippen molar-refractivity contribution in [2.75, 3.05) is 13.1 Å². The minimum Gasteiger partial charge on any atom is -0.352 e. The highest BCUT2D eigenvalue weighted by Gasteiger charge is 2.34. The second kappa shape index (κ2) is 10.5. The highest BCUT2D eigenvalue weighted by molar-refractivity contribution is 6.04. The monoisotopic (exact) mass is 363 g/mol. The highest BCUT2D eigenvalue weighted by atomic mass is 16.2. The lowest BCUT2D eigenvalue weighted by molar-refractivity contribution is -0.143. The SMILES string of the molecule is C=C(C(=O)N(CC)C1CCC(=O)NC1=O)/C(=C\CC)CNC(=O)CCC. The molecule has 0 aliphatic carbocycles. The quantitative estimate of drug-likeness (QED) is 0.368. The highest BCUT2D eigenvalue weighted by Crippen LogP contribution is 2.18. The summed E-state index contributed by atoms with van der Waals surface area (Å²) in [5.41, 5.74) is 0.905. The van der Waals surface area contributed by atoms with Crippen molar-refractivity contribution in [1.29, 1.82) is 0 Å². The largest absolute Gasteiger partial charge is 0.352 e. The maximum absolute atomic E-state index is 12.9. The Hall–Kier alpha value is -2.44. The van der Waals surface area contributed by atoms with Crippen LogP contribution in [0.5, 0.6) is 0 Å². The first-order valence-corrected chi connectivity index (χ1v) is 9.15. The van der Waals surface area contributed by atoms with Crippen molar-refractivity contribution in [2.24, 2.45) is 0 Å². The Balaban J connectivity index is 2.86. The number of rotatable bonds is 9. The van der Waals surface area contributed by atoms with Gasteiger partial charge in [0.1, 0.15) is 6.04 Å². The van der Waals surface area contributed by atoms with Crippen LogP contribution in [0, 0.1) is 0 Å². The summed E-state index contributed by atoms with van der Waals surface area (Å²) in [6.07, 6.45) is 4.23. The number of nitrogens with one attached hydrogen (secondary N) is 2. The van der Waals surface area contributed by atoms with Gasteiger partial charge in [0.25, 0.3) is 5.91 Å². The molecular formula is C19H29N3O4. The number of carbonyl (C=O) groups is 4. The zero-order chi connectivity index (χ0) is 19.7. The van der Waals surface area contributed by atoms with Crippen LogP contribution in [0.25, 0.3) is 0 Å². The van der Waals surface area contributed by atoms with Crippen molar-refractivity contribution in [2.45, 2.75) is 58.9 Å². The van der Waals surface area contributed by atoms with Crippen molar-refractivity contribution in [3.63, 3.8) is 0 Å². The molecule has 1 heterocycles. The number of allylic oxidation sites excluding steroid dienone is 1. The van der Waals surface area contributed by atoms with Crippen molar-refractivity contribution in [3.8, 4) is 0 Å². The molecule has 7 heteroatoms. The maximum Gasteiger partial charge on any atom is 0.254 e. The van der Waals surface area contributed by atoms with Gasteiger partial charge in [-0.2, -0.15) is 0 Å². The zero-order valence-corrected chi connectivity index (χ0v) is 15.9. The molecule has 2 N–H and O–H groups in total. The summed E-state index contributed by atoms with van der Waals surface area (Å²) < 4.78 is 0. The van der Waals surface area contributed by atoms with E-state index in [9.17, 15) is 19.2 Å². The molecule has 0 bridgehead atoms. The molecule has 0 aromatic rings. The predicted octanol–water partition coefficient (Wildman–Crippen LogP) is 1.45. The van der Waals surface area contributed by atoms with Crippen LogP contribution in [0.2, 0.25) is 0 Å². The van der Waals surface area contributed by atoms with Crippen LogP contribution in [0.15, 0.2) is 23.8 Å². The van der Waals surface area contributed by atoms with Crippen LogP contribution in [0.4, 0.5) is 0 Å². The molecule has 1 aliphatic rings. The molecule has 144 valence electrons. The number of nitrogens with zero attached hydrogens (tertiary/aromatic N) is 1. The molecule has 0 radical (unpaired) electrons. The Bertz CT molecular complexity index is 610. The molecule has 0 aromatic heterocycles. The van der Waals surface area contributed by atoms with Crippen molar-refractivity contribution < 1.29 is 19.2 Å². The summed E-state index contributed by atoms with van der Waals surface area (Å²) in [5, 5.41) is 5.07. The van der Waals surface area contributed by atoms with E-state index in [2.05, 4.69) is 17.2 Å². The number of amides is 4. The van der Waals surface area contributed by atoms with Gasteiger partial charge in [0.05, 0.1) is 0 Å². The number of hydrogen-bond acceptors (Lipinski definition) is 4. The minimum absolute atomic E-state index is 0.0766. The normalized spacial score (nSPS) is 17.5. The van der Waals surface area contributed by atoms with Crippen LogP contribution >= 0.6 is 0 Å². The minimum atomic E-state index is -0.681. The fourth-order valence-electron chi connectivity index (χ4n) is 2.85. The molecule has 7 nitrogen and oxygen atoms in total. The lowest BCUT2D eigenvalue weighted by Gasteiger charge is -2.33. The van der Waals surface area contributed by atoms with E-state index in [4.69, 9.17) is 0 Å². The van der Waals surface area contributed by atoms with Crippen molar-refractivity contribution in [3.05, 3.63) is 23.8 Å². The molecule has 1 aliphatic heterocycles. The smallest absolute Gasteiger partial charge is 0.254 e. The molecular weight excluding hydrogens is 334 g/mol. The lowest BCUT2D eigenvalue weighted by Crippen LogP contribution is -2.54. The molecule has 0 saturated carbocycles. The van der Waals surface area contributed by atoms with E-state index in [1.54, 1.807) is 6.92 Å². The Labute approximate surface area is 154 Å². The van der Waals surface area contributed by atoms with Crippen LogP contribution in [0.3, 0.4) is 0 Å². The number of carbonyl (C=O) groups excluding carboxylic acids is 4. The zero-order valence-electron chi connectivity index (χ0n) is 15.9. The number of hydrogen-bond donors (Lipinski definition) is 2. The predicted molar refractivity (Wildman–Crippen MR) is 99.0 cm³/mol. The topological polar surface area (TPSA) is 95.6 Å². The van der Waals surface area contributed by atoms with Crippen molar-refractivity contribution >= 4 is 23.6 Å². The lowest BCUT2D eigenvalue weighted by atomic mass is 10.0. The van der Waals surface area contributed by atoms with Gasteiger partial charge in [-0.1, -0.05) is 26.5 Å². The Morgan fingerprint density at radius 3 is 2.54 bits per heavy atom. The van der Waals surface area contributed by atoms with Gasteiger partial charge in [0.15, 0.2) is 0 Å². The molecule has 4 amide bonds. The van der Waals surface area contributed by atoms with Gasteiger partial charge in [0.2, 0.25) is 17.7 Å². The number of likely N-dealkylation sites (N-methyl/N-ethyl adjacent to an activating group) is 1. The third-order valence-electron chi connectivity index (χ3n) is 4.24. The van der Waals surface area contributed by atoms with Gasteiger partial charge in [-0.05, 0) is 31.8 Å². The average molecular weight is 363 g/mol. The van der Waals surface area contributed by atoms with Gasteiger partial charge < -0.3 is 10.2 Å². The van der Waals surface area contributed by atoms with Gasteiger partial charge >= 0.3 is 0 Å². The second-order valence-corrected chi connectivity index (χ2v) is 6.20. The fourth-order valence-corrected chi connectivity index (χ4v) is 2.85. The van der Waals surface area contributed by atoms with Crippen LogP contribution < -0.4 is 10.6 Å². The molecule has 1 unspecified atom stereocenters. The first kappa shape index (κ1) is 21.6. The second-order valence-electron chi connectivity index (χ2n) is 6.20. The standard InChI is InChI=1S/C19H29N3O4/c1-5-8-14(12-20-16(23)9-6-2)13(4)19(26)22(7-3)15-10-11-17(24)21-18(15)25/h8,15H,4-7,9-12H2,1-3H3,(H,20,23)(H,21,24,25)/b14-8-. The summed E-state index contributed by atoms with van der Waals surface area (Å²) in [5.74, 6) is -1.21. The third kappa shape index (κ3) is 5.82. The molecule has 1 rings (SSSR count). The molecule has 1 saturated heterocycles. The molecule has 1 atom stereocenters. The first-order valence-electron chi connectivity index (χ1n) is 9.15. The van der Waals surface area contributed by atoms with Crippen molar-refractivity contribution in [1.82, 2.24) is 15.5 Å². The average Bonchev–Trinajstić information content (AvgIpc) is 2.60. The fraction of sp³-hybridized carbons (Fsp3) is 0.579. The molecule has 26 heavy (non-hydrogen) atoms. The molecule has 0 spiro atoms. The van der Waals surface area contributed by atoms with Crippen LogP contribution in [-0.4, -0.2) is 47.7 Å². The summed E-state index contributed by atoms with van der Waals surface area (Å²) in [6.45, 7) is 10.1.